The van der Waals surface area contributed by atoms with Crippen molar-refractivity contribution in [1.82, 2.24) is 36.4 Å². The molecule has 8 N–H and O–H groups in total. The molecule has 2 fully saturated rings. The fourth-order valence-electron chi connectivity index (χ4n) is 7.39. The van der Waals surface area contributed by atoms with Crippen molar-refractivity contribution in [1.29, 1.82) is 0 Å². The van der Waals surface area contributed by atoms with Crippen LogP contribution in [0.4, 0.5) is 0 Å². The normalized spacial score (nSPS) is 27.4. The second-order valence-corrected chi connectivity index (χ2v) is 17.3. The summed E-state index contributed by atoms with van der Waals surface area (Å²) in [6.07, 6.45) is -3.80. The highest BCUT2D eigenvalue weighted by Gasteiger charge is 2.47. The number of aliphatic hydroxyl groups excluding tert-OH is 2. The molecule has 2 bridgehead atoms. The number of carbonyl (C=O) groups is 7. The molecule has 0 aromatic heterocycles. The number of nitrogens with zero attached hydrogens (tertiary/aromatic N) is 2. The second kappa shape index (κ2) is 24.4. The molecule has 21 nitrogen and oxygen atoms in total. The first-order chi connectivity index (χ1) is 29.6. The van der Waals surface area contributed by atoms with Crippen LogP contribution in [0.2, 0.25) is 0 Å². The van der Waals surface area contributed by atoms with Crippen LogP contribution in [0.5, 0.6) is 0 Å². The fraction of sp³-hybridized carbons (Fsp3) is 0.683. The minimum Gasteiger partial charge on any atom is -0.458 e. The Hall–Kier alpha value is -4.74. The molecular formula is C41H65N7O14S. The number of rotatable bonds is 16. The molecule has 2 aliphatic rings. The van der Waals surface area contributed by atoms with Gasteiger partial charge in [0.1, 0.15) is 55.2 Å². The van der Waals surface area contributed by atoms with E-state index in [4.69, 9.17) is 9.29 Å². The molecule has 4 unspecified atom stereocenters. The van der Waals surface area contributed by atoms with E-state index < -0.39 is 125 Å². The monoisotopic (exact) mass is 911 g/mol. The highest BCUT2D eigenvalue weighted by molar-refractivity contribution is 7.80. The van der Waals surface area contributed by atoms with E-state index in [-0.39, 0.29) is 25.7 Å². The Bertz CT molecular complexity index is 1860. The third-order valence-electron chi connectivity index (χ3n) is 11.6. The van der Waals surface area contributed by atoms with E-state index >= 15 is 0 Å². The quantitative estimate of drug-likeness (QED) is 0.0556. The van der Waals surface area contributed by atoms with Crippen LogP contribution in [0.15, 0.2) is 30.3 Å². The molecule has 2 aliphatic heterocycles. The van der Waals surface area contributed by atoms with Crippen LogP contribution in [0.1, 0.15) is 85.1 Å². The zero-order valence-electron chi connectivity index (χ0n) is 36.9. The molecule has 1 aromatic carbocycles. The lowest BCUT2D eigenvalue weighted by Crippen LogP contribution is -2.66. The second-order valence-electron chi connectivity index (χ2n) is 16.2. The van der Waals surface area contributed by atoms with Crippen LogP contribution in [0.25, 0.3) is 0 Å². The minimum atomic E-state index is -5.09. The van der Waals surface area contributed by atoms with E-state index in [1.165, 1.54) is 18.9 Å². The smallest absolute Gasteiger partial charge is 0.397 e. The van der Waals surface area contributed by atoms with Gasteiger partial charge in [0.2, 0.25) is 29.5 Å². The average molecular weight is 912 g/mol. The van der Waals surface area contributed by atoms with Crippen molar-refractivity contribution in [2.24, 2.45) is 11.8 Å². The summed E-state index contributed by atoms with van der Waals surface area (Å²) in [5.74, 6) is -7.75. The van der Waals surface area contributed by atoms with E-state index in [9.17, 15) is 52.2 Å². The molecule has 11 atom stereocenters. The van der Waals surface area contributed by atoms with E-state index in [0.717, 1.165) is 4.90 Å². The van der Waals surface area contributed by atoms with Crippen LogP contribution in [-0.4, -0.2) is 156 Å². The molecule has 0 radical (unpaired) electrons. The molecule has 3 rings (SSSR count). The Morgan fingerprint density at radius 2 is 1.59 bits per heavy atom. The van der Waals surface area contributed by atoms with Gasteiger partial charge in [-0.15, -0.1) is 0 Å². The molecule has 63 heavy (non-hydrogen) atoms. The number of hydrogen-bond donors (Lipinski definition) is 8. The third-order valence-corrected chi connectivity index (χ3v) is 12.1. The van der Waals surface area contributed by atoms with Gasteiger partial charge in [-0.1, -0.05) is 70.9 Å². The largest absolute Gasteiger partial charge is 0.458 e. The number of amides is 6. The third kappa shape index (κ3) is 14.9. The topological polar surface area (TPSA) is 299 Å². The number of unbranched alkanes of at least 4 members (excludes halogenated alkanes) is 1. The summed E-state index contributed by atoms with van der Waals surface area (Å²) in [6, 6.07) is 0.265. The highest BCUT2D eigenvalue weighted by atomic mass is 32.3. The van der Waals surface area contributed by atoms with Gasteiger partial charge in [0.15, 0.2) is 6.10 Å². The lowest BCUT2D eigenvalue weighted by atomic mass is 9.91. The van der Waals surface area contributed by atoms with Gasteiger partial charge in [0, 0.05) is 13.5 Å². The van der Waals surface area contributed by atoms with E-state index in [2.05, 4.69) is 30.8 Å². The predicted octanol–water partition coefficient (Wildman–Crippen LogP) is -1.09. The Morgan fingerprint density at radius 3 is 2.19 bits per heavy atom. The number of cyclic esters (lactones) is 1. The van der Waals surface area contributed by atoms with Gasteiger partial charge in [0.25, 0.3) is 5.91 Å². The van der Waals surface area contributed by atoms with Crippen molar-refractivity contribution < 1.29 is 65.7 Å². The Labute approximate surface area is 368 Å². The summed E-state index contributed by atoms with van der Waals surface area (Å²) in [5.41, 5.74) is 0.651. The summed E-state index contributed by atoms with van der Waals surface area (Å²) in [4.78, 5) is 102. The van der Waals surface area contributed by atoms with Gasteiger partial charge >= 0.3 is 16.4 Å². The number of benzene rings is 1. The number of carbonyl (C=O) groups excluding carboxylic acids is 7. The summed E-state index contributed by atoms with van der Waals surface area (Å²) >= 11 is 0. The first-order valence-electron chi connectivity index (χ1n) is 21.3. The van der Waals surface area contributed by atoms with Gasteiger partial charge in [-0.2, -0.15) is 8.42 Å². The average Bonchev–Trinajstić information content (AvgIpc) is 3.24. The van der Waals surface area contributed by atoms with Gasteiger partial charge < -0.3 is 51.3 Å². The molecule has 0 saturated carbocycles. The van der Waals surface area contributed by atoms with E-state index in [0.29, 0.717) is 37.8 Å². The van der Waals surface area contributed by atoms with Gasteiger partial charge in [-0.3, -0.25) is 33.3 Å². The number of ether oxygens (including phenoxy) is 1. The van der Waals surface area contributed by atoms with Gasteiger partial charge in [-0.05, 0) is 70.0 Å². The zero-order chi connectivity index (χ0) is 47.2. The number of nitrogens with one attached hydrogen (secondary N) is 5. The van der Waals surface area contributed by atoms with E-state index in [1.54, 1.807) is 65.1 Å². The maximum atomic E-state index is 14.8. The molecule has 2 heterocycles. The van der Waals surface area contributed by atoms with Crippen molar-refractivity contribution in [2.45, 2.75) is 141 Å². The summed E-state index contributed by atoms with van der Waals surface area (Å²) in [6.45, 7) is 7.44. The lowest BCUT2D eigenvalue weighted by molar-refractivity contribution is -0.168. The Balaban J connectivity index is 2.23. The number of esters is 1. The summed E-state index contributed by atoms with van der Waals surface area (Å²) in [5, 5.41) is 34.9. The van der Waals surface area contributed by atoms with Gasteiger partial charge in [-0.25, -0.2) is 8.98 Å². The van der Waals surface area contributed by atoms with Crippen molar-refractivity contribution in [2.75, 3.05) is 27.2 Å². The van der Waals surface area contributed by atoms with Crippen molar-refractivity contribution in [3.8, 4) is 0 Å². The molecular weight excluding hydrogens is 847 g/mol. The Kier molecular flexibility index (Phi) is 20.3. The zero-order valence-corrected chi connectivity index (χ0v) is 37.8. The molecule has 2 saturated heterocycles. The van der Waals surface area contributed by atoms with E-state index in [1.807, 2.05) is 0 Å². The first-order valence-corrected chi connectivity index (χ1v) is 22.7. The maximum Gasteiger partial charge on any atom is 0.397 e. The first kappa shape index (κ1) is 52.6. The maximum absolute atomic E-state index is 14.8. The fourth-order valence-corrected chi connectivity index (χ4v) is 7.69. The lowest BCUT2D eigenvalue weighted by Gasteiger charge is -2.44. The van der Waals surface area contributed by atoms with Crippen LogP contribution < -0.4 is 26.6 Å². The molecule has 1 aromatic rings. The van der Waals surface area contributed by atoms with Gasteiger partial charge in [0.05, 0.1) is 0 Å². The minimum absolute atomic E-state index is 0.00978. The molecule has 6 amide bonds. The SMILES string of the molecule is CC[C@H](C)C1C(=O)N(C)[C@@H](Cc2ccccc2)C(=O)N[C@@H]([C@@H](C)CC)C(=O)O[C@H](C)C(NC(=O)C(O)COS(=O)(=O)O)C(=O)NC(CCCCNC)C(=O)N[C@H]2CC[C@@H](O)N1C2=O. The standard InChI is InChI=1S/C41H65N7O14S/c1-8-23(3)32-41(57)62-25(5)33(46-37(53)30(49)22-61-63(58,59)60)38(54)43-27(17-13-14-20-42-6)35(51)44-28-18-19-31(50)48(39(28)55)34(24(4)9-2)40(56)47(7)29(36(52)45-32)21-26-15-11-10-12-16-26/h10-12,15-16,23-25,27-34,42,49-50H,8-9,13-14,17-22H2,1-7H3,(H,43,54)(H,44,51)(H,45,52)(H,46,53)(H,58,59,60)/t23-,24-,25+,27?,28-,29-,30?,31+,32-,33?,34?/m0/s1. The van der Waals surface area contributed by atoms with Crippen molar-refractivity contribution in [3.05, 3.63) is 35.9 Å². The van der Waals surface area contributed by atoms with Crippen LogP contribution >= 0.6 is 0 Å². The van der Waals surface area contributed by atoms with Crippen LogP contribution in [0.3, 0.4) is 0 Å². The number of aliphatic hydroxyl groups is 2. The molecule has 0 spiro atoms. The predicted molar refractivity (Wildman–Crippen MR) is 226 cm³/mol. The number of likely N-dealkylation sites (N-methyl/N-ethyl adjacent to an activating group) is 1. The summed E-state index contributed by atoms with van der Waals surface area (Å²) in [7, 11) is -1.97. The Morgan fingerprint density at radius 1 is 0.937 bits per heavy atom. The molecule has 0 aliphatic carbocycles. The number of hydrogen-bond acceptors (Lipinski definition) is 14. The molecule has 22 heteroatoms. The van der Waals surface area contributed by atoms with Crippen molar-refractivity contribution >= 4 is 51.8 Å². The summed E-state index contributed by atoms with van der Waals surface area (Å²) < 4.78 is 41.1. The van der Waals surface area contributed by atoms with Crippen LogP contribution in [0, 0.1) is 11.8 Å². The number of piperidine rings is 1. The van der Waals surface area contributed by atoms with Crippen molar-refractivity contribution in [3.63, 3.8) is 0 Å². The van der Waals surface area contributed by atoms with Crippen LogP contribution in [-0.2, 0) is 59.3 Å². The number of fused-ring (bicyclic) bond motifs is 2. The highest BCUT2D eigenvalue weighted by Crippen LogP contribution is 2.28. The molecule has 354 valence electrons.